The van der Waals surface area contributed by atoms with Gasteiger partial charge in [0.1, 0.15) is 0 Å². The quantitative estimate of drug-likeness (QED) is 0.391. The number of nitrogens with zero attached hydrogens (tertiary/aromatic N) is 2. The van der Waals surface area contributed by atoms with Crippen molar-refractivity contribution in [2.24, 2.45) is 0 Å². The lowest BCUT2D eigenvalue weighted by atomic mass is 9.89. The number of anilines is 2. The fraction of sp³-hybridized carbons (Fsp3) is 0.200. The van der Waals surface area contributed by atoms with E-state index in [0.29, 0.717) is 16.8 Å². The Morgan fingerprint density at radius 3 is 1.72 bits per heavy atom. The number of esters is 1. The molecule has 6 heteroatoms. The third-order valence-electron chi connectivity index (χ3n) is 6.10. The summed E-state index contributed by atoms with van der Waals surface area (Å²) in [6, 6.07) is 25.3. The van der Waals surface area contributed by atoms with Crippen LogP contribution in [0.25, 0.3) is 11.3 Å². The Balaban J connectivity index is 2.02. The van der Waals surface area contributed by atoms with Crippen LogP contribution in [0.2, 0.25) is 0 Å². The Labute approximate surface area is 212 Å². The molecule has 0 radical (unpaired) electrons. The predicted molar refractivity (Wildman–Crippen MR) is 146 cm³/mol. The fourth-order valence-electron chi connectivity index (χ4n) is 4.25. The van der Waals surface area contributed by atoms with Crippen molar-refractivity contribution in [3.05, 3.63) is 107 Å². The van der Waals surface area contributed by atoms with Crippen molar-refractivity contribution in [1.29, 1.82) is 0 Å². The first-order valence-corrected chi connectivity index (χ1v) is 11.9. The highest BCUT2D eigenvalue weighted by atomic mass is 16.5. The van der Waals surface area contributed by atoms with E-state index in [4.69, 9.17) is 4.74 Å². The molecule has 0 unspecified atom stereocenters. The second-order valence-corrected chi connectivity index (χ2v) is 8.92. The Kier molecular flexibility index (Phi) is 7.25. The molecule has 0 saturated heterocycles. The van der Waals surface area contributed by atoms with Crippen molar-refractivity contribution in [3.8, 4) is 0 Å². The summed E-state index contributed by atoms with van der Waals surface area (Å²) in [6.45, 7) is 1.96. The summed E-state index contributed by atoms with van der Waals surface area (Å²) in [5.74, 6) is -0.864. The molecule has 3 aromatic rings. The van der Waals surface area contributed by atoms with Gasteiger partial charge in [0.2, 0.25) is 0 Å². The number of nitrogens with one attached hydrogen (secondary N) is 1. The number of rotatable bonds is 7. The number of carbonyl (C=O) groups is 2. The van der Waals surface area contributed by atoms with Gasteiger partial charge in [-0.15, -0.1) is 0 Å². The van der Waals surface area contributed by atoms with Gasteiger partial charge in [0.05, 0.1) is 23.5 Å². The van der Waals surface area contributed by atoms with E-state index in [9.17, 15) is 9.59 Å². The first kappa shape index (κ1) is 24.8. The second-order valence-electron chi connectivity index (χ2n) is 8.92. The van der Waals surface area contributed by atoms with E-state index in [1.165, 1.54) is 0 Å². The highest BCUT2D eigenvalue weighted by Crippen LogP contribution is 2.38. The van der Waals surface area contributed by atoms with Crippen LogP contribution in [0.1, 0.15) is 23.6 Å². The number of ether oxygens (including phenoxy) is 1. The molecule has 1 amide bonds. The molecule has 1 aliphatic heterocycles. The SMILES string of the molecule is CCOC(=O)C1=C(c2ccccc2)NC(=O)C1=C(c1ccc(N(C)C)cc1)c1ccc(N(C)C)cc1. The van der Waals surface area contributed by atoms with Crippen LogP contribution >= 0.6 is 0 Å². The summed E-state index contributed by atoms with van der Waals surface area (Å²) in [5.41, 5.74) is 6.17. The lowest BCUT2D eigenvalue weighted by molar-refractivity contribution is -0.138. The van der Waals surface area contributed by atoms with Gasteiger partial charge in [-0.2, -0.15) is 0 Å². The van der Waals surface area contributed by atoms with Crippen molar-refractivity contribution < 1.29 is 14.3 Å². The largest absolute Gasteiger partial charge is 0.462 e. The van der Waals surface area contributed by atoms with E-state index < -0.39 is 5.97 Å². The molecule has 0 saturated carbocycles. The molecule has 6 nitrogen and oxygen atoms in total. The van der Waals surface area contributed by atoms with Crippen LogP contribution in [-0.2, 0) is 14.3 Å². The van der Waals surface area contributed by atoms with Gasteiger partial charge in [-0.1, -0.05) is 54.6 Å². The summed E-state index contributed by atoms with van der Waals surface area (Å²) in [4.78, 5) is 30.9. The zero-order chi connectivity index (χ0) is 25.8. The van der Waals surface area contributed by atoms with E-state index in [2.05, 4.69) is 5.32 Å². The summed E-state index contributed by atoms with van der Waals surface area (Å²) in [7, 11) is 7.91. The number of hydrogen-bond donors (Lipinski definition) is 1. The van der Waals surface area contributed by atoms with E-state index in [-0.39, 0.29) is 18.1 Å². The van der Waals surface area contributed by atoms with E-state index in [1.54, 1.807) is 6.92 Å². The topological polar surface area (TPSA) is 61.9 Å². The molecule has 0 aliphatic carbocycles. The van der Waals surface area contributed by atoms with Gasteiger partial charge in [-0.25, -0.2) is 4.79 Å². The molecule has 0 spiro atoms. The molecule has 0 bridgehead atoms. The smallest absolute Gasteiger partial charge is 0.341 e. The van der Waals surface area contributed by atoms with Gasteiger partial charge >= 0.3 is 5.97 Å². The molecule has 4 rings (SSSR count). The maximum absolute atomic E-state index is 13.6. The van der Waals surface area contributed by atoms with E-state index in [1.807, 2.05) is 117 Å². The summed E-state index contributed by atoms with van der Waals surface area (Å²) in [5, 5.41) is 2.95. The van der Waals surface area contributed by atoms with Gasteiger partial charge in [-0.05, 0) is 47.9 Å². The van der Waals surface area contributed by atoms with Crippen LogP contribution < -0.4 is 15.1 Å². The standard InChI is InChI=1S/C30H31N3O3/c1-6-36-30(35)27-26(29(34)31-28(27)22-10-8-7-9-11-22)25(20-12-16-23(17-13-20)32(2)3)21-14-18-24(19-15-21)33(4)5/h7-19H,6H2,1-5H3,(H,31,34). The Morgan fingerprint density at radius 2 is 1.28 bits per heavy atom. The average molecular weight is 482 g/mol. The van der Waals surface area contributed by atoms with E-state index >= 15 is 0 Å². The van der Waals surface area contributed by atoms with Crippen molar-refractivity contribution in [2.45, 2.75) is 6.92 Å². The Bertz CT molecular complexity index is 1270. The zero-order valence-corrected chi connectivity index (χ0v) is 21.3. The number of carbonyl (C=O) groups excluding carboxylic acids is 2. The van der Waals surface area contributed by atoms with Crippen molar-refractivity contribution in [2.75, 3.05) is 44.6 Å². The van der Waals surface area contributed by atoms with Gasteiger partial charge in [0.15, 0.2) is 0 Å². The zero-order valence-electron chi connectivity index (χ0n) is 21.3. The Morgan fingerprint density at radius 1 is 0.778 bits per heavy atom. The van der Waals surface area contributed by atoms with Crippen LogP contribution in [0.3, 0.4) is 0 Å². The third-order valence-corrected chi connectivity index (χ3v) is 6.10. The van der Waals surface area contributed by atoms with Gasteiger partial charge in [0, 0.05) is 45.1 Å². The number of hydrogen-bond acceptors (Lipinski definition) is 5. The minimum Gasteiger partial charge on any atom is -0.462 e. The fourth-order valence-corrected chi connectivity index (χ4v) is 4.25. The first-order chi connectivity index (χ1) is 17.3. The van der Waals surface area contributed by atoms with Crippen LogP contribution in [0, 0.1) is 0 Å². The molecular formula is C30H31N3O3. The third kappa shape index (κ3) is 4.89. The molecule has 1 N–H and O–H groups in total. The van der Waals surface area contributed by atoms with Crippen LogP contribution in [0.4, 0.5) is 11.4 Å². The van der Waals surface area contributed by atoms with Crippen LogP contribution in [0.5, 0.6) is 0 Å². The minimum atomic E-state index is -0.531. The highest BCUT2D eigenvalue weighted by Gasteiger charge is 2.36. The molecule has 3 aromatic carbocycles. The average Bonchev–Trinajstić information content (AvgIpc) is 3.22. The minimum absolute atomic E-state index is 0.205. The molecule has 0 fully saturated rings. The summed E-state index contributed by atoms with van der Waals surface area (Å²) in [6.07, 6.45) is 0. The maximum Gasteiger partial charge on any atom is 0.341 e. The van der Waals surface area contributed by atoms with E-state index in [0.717, 1.165) is 28.1 Å². The lowest BCUT2D eigenvalue weighted by Gasteiger charge is -2.18. The monoisotopic (exact) mass is 481 g/mol. The second kappa shape index (κ2) is 10.5. The molecule has 1 aliphatic rings. The summed E-state index contributed by atoms with van der Waals surface area (Å²) < 4.78 is 5.44. The molecule has 0 aromatic heterocycles. The Hall–Kier alpha value is -4.32. The predicted octanol–water partition coefficient (Wildman–Crippen LogP) is 4.72. The number of amides is 1. The first-order valence-electron chi connectivity index (χ1n) is 11.9. The normalized spacial score (nSPS) is 12.9. The van der Waals surface area contributed by atoms with Crippen molar-refractivity contribution in [3.63, 3.8) is 0 Å². The lowest BCUT2D eigenvalue weighted by Crippen LogP contribution is -2.17. The molecule has 36 heavy (non-hydrogen) atoms. The maximum atomic E-state index is 13.6. The van der Waals surface area contributed by atoms with Crippen molar-refractivity contribution >= 4 is 34.5 Å². The number of benzene rings is 3. The summed E-state index contributed by atoms with van der Waals surface area (Å²) >= 11 is 0. The van der Waals surface area contributed by atoms with Crippen LogP contribution in [-0.4, -0.2) is 46.7 Å². The highest BCUT2D eigenvalue weighted by molar-refractivity contribution is 6.25. The molecule has 184 valence electrons. The molecule has 1 heterocycles. The molecular weight excluding hydrogens is 450 g/mol. The van der Waals surface area contributed by atoms with Crippen LogP contribution in [0.15, 0.2) is 90.0 Å². The van der Waals surface area contributed by atoms with Gasteiger partial charge in [-0.3, -0.25) is 4.79 Å². The van der Waals surface area contributed by atoms with Gasteiger partial charge < -0.3 is 19.9 Å². The van der Waals surface area contributed by atoms with Gasteiger partial charge in [0.25, 0.3) is 5.91 Å². The van der Waals surface area contributed by atoms with Crippen molar-refractivity contribution in [1.82, 2.24) is 5.32 Å². The molecule has 0 atom stereocenters.